The second kappa shape index (κ2) is 2.24. The predicted molar refractivity (Wildman–Crippen MR) is 22.9 cm³/mol. The van der Waals surface area contributed by atoms with Gasteiger partial charge in [0, 0.05) is 0 Å². The summed E-state index contributed by atoms with van der Waals surface area (Å²) >= 11 is 0. The van der Waals surface area contributed by atoms with Crippen LogP contribution >= 0.6 is 0 Å². The molecule has 0 saturated heterocycles. The standard InChI is InChI=1S/C4H5F3O2/c1-2(3(8)9)4(5,6)7/h2H,1H3,(H,8,9)/t2-/m0/s1. The molecule has 0 fully saturated rings. The summed E-state index contributed by atoms with van der Waals surface area (Å²) in [4.78, 5) is 9.63. The van der Waals surface area contributed by atoms with E-state index in [9.17, 15) is 18.0 Å². The molecule has 1 atom stereocenters. The monoisotopic (exact) mass is 142 g/mol. The Morgan fingerprint density at radius 1 is 1.56 bits per heavy atom. The van der Waals surface area contributed by atoms with Crippen LogP contribution in [0.3, 0.4) is 0 Å². The van der Waals surface area contributed by atoms with E-state index in [0.717, 1.165) is 0 Å². The summed E-state index contributed by atoms with van der Waals surface area (Å²) in [5, 5.41) is 7.80. The van der Waals surface area contributed by atoms with E-state index in [-0.39, 0.29) is 0 Å². The van der Waals surface area contributed by atoms with E-state index in [1.54, 1.807) is 0 Å². The zero-order valence-corrected chi connectivity index (χ0v) is 4.57. The molecule has 0 aromatic heterocycles. The molecule has 0 heterocycles. The van der Waals surface area contributed by atoms with Gasteiger partial charge in [-0.2, -0.15) is 13.2 Å². The molecule has 0 aromatic rings. The van der Waals surface area contributed by atoms with Crippen molar-refractivity contribution < 1.29 is 23.1 Å². The molecule has 0 aliphatic rings. The lowest BCUT2D eigenvalue weighted by atomic mass is 10.2. The van der Waals surface area contributed by atoms with Crippen LogP contribution in [-0.4, -0.2) is 17.3 Å². The minimum atomic E-state index is -4.62. The fourth-order valence-corrected chi connectivity index (χ4v) is 0.140. The molecule has 0 saturated carbocycles. The SMILES string of the molecule is C[C@@H](C(=O)O)C(F)(F)F. The fraction of sp³-hybridized carbons (Fsp3) is 0.750. The summed E-state index contributed by atoms with van der Waals surface area (Å²) in [6, 6.07) is 0. The Morgan fingerprint density at radius 3 is 1.89 bits per heavy atom. The number of carboxylic acids is 1. The molecule has 0 amide bonds. The number of rotatable bonds is 1. The fourth-order valence-electron chi connectivity index (χ4n) is 0.140. The van der Waals surface area contributed by atoms with Crippen molar-refractivity contribution >= 4 is 5.97 Å². The Bertz CT molecular complexity index is 117. The van der Waals surface area contributed by atoms with Gasteiger partial charge in [0.1, 0.15) is 5.92 Å². The van der Waals surface area contributed by atoms with Crippen LogP contribution < -0.4 is 0 Å². The van der Waals surface area contributed by atoms with Gasteiger partial charge < -0.3 is 5.11 Å². The molecule has 0 bridgehead atoms. The lowest BCUT2D eigenvalue weighted by Gasteiger charge is -2.09. The van der Waals surface area contributed by atoms with Crippen LogP contribution in [0, 0.1) is 5.92 Å². The zero-order valence-electron chi connectivity index (χ0n) is 4.57. The van der Waals surface area contributed by atoms with Crippen LogP contribution in [0.25, 0.3) is 0 Å². The van der Waals surface area contributed by atoms with Gasteiger partial charge >= 0.3 is 12.1 Å². The van der Waals surface area contributed by atoms with E-state index in [1.807, 2.05) is 0 Å². The van der Waals surface area contributed by atoms with Crippen LogP contribution in [0.4, 0.5) is 13.2 Å². The average Bonchev–Trinajstić information content (AvgIpc) is 1.62. The Labute approximate surface area is 49.3 Å². The van der Waals surface area contributed by atoms with Crippen LogP contribution in [-0.2, 0) is 4.79 Å². The van der Waals surface area contributed by atoms with E-state index < -0.39 is 18.1 Å². The van der Waals surface area contributed by atoms with Gasteiger partial charge in [-0.3, -0.25) is 4.79 Å². The number of hydrogen-bond donors (Lipinski definition) is 1. The molecule has 0 aliphatic carbocycles. The molecule has 0 aromatic carbocycles. The topological polar surface area (TPSA) is 37.3 Å². The van der Waals surface area contributed by atoms with E-state index in [0.29, 0.717) is 6.92 Å². The molecule has 0 spiro atoms. The Balaban J connectivity index is 4.04. The molecule has 5 heteroatoms. The number of halogens is 3. The molecule has 0 rings (SSSR count). The first kappa shape index (κ1) is 8.26. The summed E-state index contributed by atoms with van der Waals surface area (Å²) in [5.41, 5.74) is 0. The van der Waals surface area contributed by atoms with Gasteiger partial charge in [-0.15, -0.1) is 0 Å². The minimum Gasteiger partial charge on any atom is -0.481 e. The summed E-state index contributed by atoms with van der Waals surface area (Å²) in [5.74, 6) is -4.11. The van der Waals surface area contributed by atoms with Crippen LogP contribution in [0.2, 0.25) is 0 Å². The largest absolute Gasteiger partial charge is 0.481 e. The third kappa shape index (κ3) is 2.34. The van der Waals surface area contributed by atoms with Gasteiger partial charge in [0.2, 0.25) is 0 Å². The van der Waals surface area contributed by atoms with Crippen molar-refractivity contribution in [3.05, 3.63) is 0 Å². The summed E-state index contributed by atoms with van der Waals surface area (Å²) in [6.45, 7) is 0.600. The number of carbonyl (C=O) groups is 1. The Morgan fingerprint density at radius 2 is 1.89 bits per heavy atom. The minimum absolute atomic E-state index is 0.600. The lowest BCUT2D eigenvalue weighted by molar-refractivity contribution is -0.189. The molecular formula is C4H5F3O2. The molecule has 1 N–H and O–H groups in total. The van der Waals surface area contributed by atoms with Crippen LogP contribution in [0.5, 0.6) is 0 Å². The Kier molecular flexibility index (Phi) is 2.06. The average molecular weight is 142 g/mol. The van der Waals surface area contributed by atoms with E-state index in [4.69, 9.17) is 5.11 Å². The smallest absolute Gasteiger partial charge is 0.401 e. The maximum Gasteiger partial charge on any atom is 0.401 e. The number of aliphatic carboxylic acids is 1. The van der Waals surface area contributed by atoms with E-state index >= 15 is 0 Å². The van der Waals surface area contributed by atoms with Crippen LogP contribution in [0.15, 0.2) is 0 Å². The Hall–Kier alpha value is -0.740. The highest BCUT2D eigenvalue weighted by Gasteiger charge is 2.41. The second-order valence-electron chi connectivity index (χ2n) is 1.60. The number of carboxylic acid groups (broad SMARTS) is 1. The molecular weight excluding hydrogens is 137 g/mol. The summed E-state index contributed by atoms with van der Waals surface area (Å²) in [6.07, 6.45) is -4.62. The first-order chi connectivity index (χ1) is 3.85. The van der Waals surface area contributed by atoms with Crippen molar-refractivity contribution in [3.63, 3.8) is 0 Å². The van der Waals surface area contributed by atoms with Crippen molar-refractivity contribution in [1.29, 1.82) is 0 Å². The third-order valence-corrected chi connectivity index (χ3v) is 0.861. The molecule has 0 radical (unpaired) electrons. The quantitative estimate of drug-likeness (QED) is 0.598. The highest BCUT2D eigenvalue weighted by atomic mass is 19.4. The van der Waals surface area contributed by atoms with Crippen molar-refractivity contribution in [3.8, 4) is 0 Å². The van der Waals surface area contributed by atoms with Gasteiger partial charge in [0.05, 0.1) is 0 Å². The van der Waals surface area contributed by atoms with Crippen molar-refractivity contribution in [1.82, 2.24) is 0 Å². The maximum absolute atomic E-state index is 11.3. The molecule has 0 aliphatic heterocycles. The van der Waals surface area contributed by atoms with Crippen LogP contribution in [0.1, 0.15) is 6.92 Å². The molecule has 9 heavy (non-hydrogen) atoms. The highest BCUT2D eigenvalue weighted by Crippen LogP contribution is 2.25. The van der Waals surface area contributed by atoms with Crippen molar-refractivity contribution in [2.24, 2.45) is 5.92 Å². The van der Waals surface area contributed by atoms with Gasteiger partial charge in [0.25, 0.3) is 0 Å². The van der Waals surface area contributed by atoms with E-state index in [2.05, 4.69) is 0 Å². The molecule has 0 unspecified atom stereocenters. The summed E-state index contributed by atoms with van der Waals surface area (Å²) in [7, 11) is 0. The first-order valence-electron chi connectivity index (χ1n) is 2.15. The van der Waals surface area contributed by atoms with Gasteiger partial charge in [-0.1, -0.05) is 0 Å². The first-order valence-corrected chi connectivity index (χ1v) is 2.15. The van der Waals surface area contributed by atoms with Crippen molar-refractivity contribution in [2.75, 3.05) is 0 Å². The highest BCUT2D eigenvalue weighted by molar-refractivity contribution is 5.70. The van der Waals surface area contributed by atoms with Crippen molar-refractivity contribution in [2.45, 2.75) is 13.1 Å². The van der Waals surface area contributed by atoms with Gasteiger partial charge in [-0.25, -0.2) is 0 Å². The zero-order chi connectivity index (χ0) is 7.65. The number of hydrogen-bond acceptors (Lipinski definition) is 1. The molecule has 54 valence electrons. The lowest BCUT2D eigenvalue weighted by Crippen LogP contribution is -2.27. The second-order valence-corrected chi connectivity index (χ2v) is 1.60. The third-order valence-electron chi connectivity index (χ3n) is 0.861. The molecule has 2 nitrogen and oxygen atoms in total. The number of alkyl halides is 3. The van der Waals surface area contributed by atoms with Gasteiger partial charge in [0.15, 0.2) is 0 Å². The predicted octanol–water partition coefficient (Wildman–Crippen LogP) is 1.27. The normalized spacial score (nSPS) is 15.1. The summed E-state index contributed by atoms with van der Waals surface area (Å²) < 4.78 is 34.0. The van der Waals surface area contributed by atoms with Gasteiger partial charge in [-0.05, 0) is 6.92 Å². The maximum atomic E-state index is 11.3. The van der Waals surface area contributed by atoms with E-state index in [1.165, 1.54) is 0 Å².